The number of nitrogens with one attached hydrogen (secondary N) is 2. The van der Waals surface area contributed by atoms with Crippen LogP contribution in [-0.4, -0.2) is 30.2 Å². The van der Waals surface area contributed by atoms with E-state index in [0.29, 0.717) is 13.0 Å². The summed E-state index contributed by atoms with van der Waals surface area (Å²) in [6.07, 6.45) is 8.98. The van der Waals surface area contributed by atoms with Crippen molar-refractivity contribution in [1.82, 2.24) is 10.6 Å². The van der Waals surface area contributed by atoms with E-state index in [1.165, 1.54) is 32.1 Å². The van der Waals surface area contributed by atoms with Gasteiger partial charge in [-0.2, -0.15) is 0 Å². The molecule has 1 saturated carbocycles. The average Bonchev–Trinajstić information content (AvgIpc) is 2.92. The fraction of sp³-hybridized carbons (Fsp3) is 0.867. The number of amides is 2. The molecule has 0 heterocycles. The third-order valence-electron chi connectivity index (χ3n) is 4.04. The van der Waals surface area contributed by atoms with Crippen molar-refractivity contribution in [3.8, 4) is 0 Å². The molecule has 3 N–H and O–H groups in total. The molecule has 1 atom stereocenters. The fourth-order valence-electron chi connectivity index (χ4n) is 2.83. The summed E-state index contributed by atoms with van der Waals surface area (Å²) in [5, 5.41) is 14.4. The van der Waals surface area contributed by atoms with E-state index in [4.69, 9.17) is 5.11 Å². The van der Waals surface area contributed by atoms with Crippen LogP contribution in [0.15, 0.2) is 0 Å². The van der Waals surface area contributed by atoms with Crippen LogP contribution in [0.1, 0.15) is 58.3 Å². The molecule has 1 fully saturated rings. The minimum absolute atomic E-state index is 0.206. The molecule has 0 radical (unpaired) electrons. The molecule has 20 heavy (non-hydrogen) atoms. The zero-order chi connectivity index (χ0) is 14.8. The van der Waals surface area contributed by atoms with E-state index in [1.807, 2.05) is 6.92 Å². The lowest BCUT2D eigenvalue weighted by atomic mass is 10.0. The minimum Gasteiger partial charge on any atom is -0.481 e. The molecule has 1 rings (SSSR count). The van der Waals surface area contributed by atoms with E-state index in [0.717, 1.165) is 18.8 Å². The van der Waals surface area contributed by atoms with Gasteiger partial charge in [0.1, 0.15) is 0 Å². The zero-order valence-electron chi connectivity index (χ0n) is 12.5. The van der Waals surface area contributed by atoms with Crippen LogP contribution in [0.2, 0.25) is 0 Å². The van der Waals surface area contributed by atoms with Crippen molar-refractivity contribution in [2.45, 2.75) is 58.3 Å². The van der Waals surface area contributed by atoms with Crippen molar-refractivity contribution >= 4 is 12.0 Å². The molecule has 116 valence electrons. The minimum atomic E-state index is -0.839. The van der Waals surface area contributed by atoms with Gasteiger partial charge in [0, 0.05) is 13.1 Å². The van der Waals surface area contributed by atoms with Gasteiger partial charge in [-0.15, -0.1) is 0 Å². The van der Waals surface area contributed by atoms with Gasteiger partial charge in [0.25, 0.3) is 0 Å². The van der Waals surface area contributed by atoms with Gasteiger partial charge in [-0.3, -0.25) is 4.79 Å². The first-order chi connectivity index (χ1) is 9.63. The summed E-state index contributed by atoms with van der Waals surface area (Å²) < 4.78 is 0. The van der Waals surface area contributed by atoms with E-state index < -0.39 is 11.9 Å². The third kappa shape index (κ3) is 6.78. The summed E-state index contributed by atoms with van der Waals surface area (Å²) >= 11 is 0. The number of rotatable bonds is 9. The number of carbonyl (C=O) groups excluding carboxylic acids is 1. The van der Waals surface area contributed by atoms with Gasteiger partial charge in [0.15, 0.2) is 0 Å². The molecule has 0 aromatic carbocycles. The summed E-state index contributed by atoms with van der Waals surface area (Å²) in [5.74, 6) is -0.474. The van der Waals surface area contributed by atoms with E-state index in [1.54, 1.807) is 0 Å². The molecule has 0 spiro atoms. The lowest BCUT2D eigenvalue weighted by Gasteiger charge is -2.13. The van der Waals surface area contributed by atoms with Gasteiger partial charge >= 0.3 is 12.0 Å². The van der Waals surface area contributed by atoms with Crippen molar-refractivity contribution in [3.05, 3.63) is 0 Å². The number of aliphatic carboxylic acids is 1. The first kappa shape index (κ1) is 16.8. The SMILES string of the molecule is CCCC(CNC(=O)NCCCC1CCCC1)C(=O)O. The fourth-order valence-corrected chi connectivity index (χ4v) is 2.83. The monoisotopic (exact) mass is 284 g/mol. The molecule has 5 nitrogen and oxygen atoms in total. The van der Waals surface area contributed by atoms with Crippen molar-refractivity contribution < 1.29 is 14.7 Å². The Bertz CT molecular complexity index is 301. The summed E-state index contributed by atoms with van der Waals surface area (Å²) in [7, 11) is 0. The summed E-state index contributed by atoms with van der Waals surface area (Å²) in [4.78, 5) is 22.5. The van der Waals surface area contributed by atoms with Gasteiger partial charge < -0.3 is 15.7 Å². The molecule has 1 unspecified atom stereocenters. The lowest BCUT2D eigenvalue weighted by molar-refractivity contribution is -0.141. The summed E-state index contributed by atoms with van der Waals surface area (Å²) in [6, 6.07) is -0.251. The maximum absolute atomic E-state index is 11.6. The largest absolute Gasteiger partial charge is 0.481 e. The Morgan fingerprint density at radius 1 is 1.25 bits per heavy atom. The van der Waals surface area contributed by atoms with Crippen molar-refractivity contribution in [2.24, 2.45) is 11.8 Å². The Morgan fingerprint density at radius 2 is 1.95 bits per heavy atom. The Morgan fingerprint density at radius 3 is 2.55 bits per heavy atom. The predicted molar refractivity (Wildman–Crippen MR) is 78.6 cm³/mol. The average molecular weight is 284 g/mol. The second kappa shape index (κ2) is 9.61. The zero-order valence-corrected chi connectivity index (χ0v) is 12.5. The van der Waals surface area contributed by atoms with Gasteiger partial charge in [0.05, 0.1) is 5.92 Å². The van der Waals surface area contributed by atoms with Gasteiger partial charge in [-0.25, -0.2) is 4.79 Å². The van der Waals surface area contributed by atoms with Gasteiger partial charge in [-0.05, 0) is 25.2 Å². The highest BCUT2D eigenvalue weighted by atomic mass is 16.4. The first-order valence-electron chi connectivity index (χ1n) is 7.88. The standard InChI is InChI=1S/C15H28N2O3/c1-2-6-13(14(18)19)11-17-15(20)16-10-5-9-12-7-3-4-8-12/h12-13H,2-11H2,1H3,(H,18,19)(H2,16,17,20). The molecule has 0 bridgehead atoms. The number of carboxylic acids is 1. The topological polar surface area (TPSA) is 78.4 Å². The van der Waals surface area contributed by atoms with Crippen LogP contribution in [0.25, 0.3) is 0 Å². The normalized spacial score (nSPS) is 16.9. The van der Waals surface area contributed by atoms with Crippen LogP contribution in [0.4, 0.5) is 4.79 Å². The lowest BCUT2D eigenvalue weighted by Crippen LogP contribution is -2.40. The van der Waals surface area contributed by atoms with Gasteiger partial charge in [-0.1, -0.05) is 39.0 Å². The van der Waals surface area contributed by atoms with E-state index in [-0.39, 0.29) is 12.6 Å². The second-order valence-corrected chi connectivity index (χ2v) is 5.75. The van der Waals surface area contributed by atoms with Crippen LogP contribution in [0.3, 0.4) is 0 Å². The van der Waals surface area contributed by atoms with E-state index in [9.17, 15) is 9.59 Å². The van der Waals surface area contributed by atoms with Crippen LogP contribution in [0, 0.1) is 11.8 Å². The van der Waals surface area contributed by atoms with Crippen molar-refractivity contribution in [1.29, 1.82) is 0 Å². The molecule has 2 amide bonds. The maximum Gasteiger partial charge on any atom is 0.314 e. The molecule has 1 aliphatic carbocycles. The predicted octanol–water partition coefficient (Wildman–Crippen LogP) is 2.76. The Balaban J connectivity index is 2.05. The maximum atomic E-state index is 11.6. The highest BCUT2D eigenvalue weighted by Crippen LogP contribution is 2.28. The van der Waals surface area contributed by atoms with Crippen molar-refractivity contribution in [3.63, 3.8) is 0 Å². The second-order valence-electron chi connectivity index (χ2n) is 5.75. The Kier molecular flexibility index (Phi) is 8.07. The molecular formula is C15H28N2O3. The number of carbonyl (C=O) groups is 2. The van der Waals surface area contributed by atoms with Crippen LogP contribution in [-0.2, 0) is 4.79 Å². The quantitative estimate of drug-likeness (QED) is 0.570. The van der Waals surface area contributed by atoms with Crippen LogP contribution in [0.5, 0.6) is 0 Å². The summed E-state index contributed by atoms with van der Waals surface area (Å²) in [6.45, 7) is 2.82. The molecular weight excluding hydrogens is 256 g/mol. The van der Waals surface area contributed by atoms with Crippen LogP contribution < -0.4 is 10.6 Å². The highest BCUT2D eigenvalue weighted by Gasteiger charge is 2.17. The molecule has 0 aromatic rings. The molecule has 0 saturated heterocycles. The summed E-state index contributed by atoms with van der Waals surface area (Å²) in [5.41, 5.74) is 0. The highest BCUT2D eigenvalue weighted by molar-refractivity contribution is 5.75. The Labute approximate surface area is 121 Å². The number of urea groups is 1. The number of carboxylic acid groups (broad SMARTS) is 1. The first-order valence-corrected chi connectivity index (χ1v) is 7.88. The van der Waals surface area contributed by atoms with E-state index >= 15 is 0 Å². The molecule has 0 aromatic heterocycles. The van der Waals surface area contributed by atoms with Crippen molar-refractivity contribution in [2.75, 3.05) is 13.1 Å². The third-order valence-corrected chi connectivity index (χ3v) is 4.04. The molecule has 1 aliphatic rings. The molecule has 0 aliphatic heterocycles. The number of hydrogen-bond donors (Lipinski definition) is 3. The number of hydrogen-bond acceptors (Lipinski definition) is 2. The van der Waals surface area contributed by atoms with E-state index in [2.05, 4.69) is 10.6 Å². The molecule has 5 heteroatoms. The van der Waals surface area contributed by atoms with Crippen LogP contribution >= 0.6 is 0 Å². The smallest absolute Gasteiger partial charge is 0.314 e. The van der Waals surface area contributed by atoms with Gasteiger partial charge in [0.2, 0.25) is 0 Å². The Hall–Kier alpha value is -1.26.